The Labute approximate surface area is 212 Å². The number of para-hydroxylation sites is 2. The third-order valence-electron chi connectivity index (χ3n) is 6.70. The van der Waals surface area contributed by atoms with Crippen molar-refractivity contribution in [3.05, 3.63) is 114 Å². The van der Waals surface area contributed by atoms with Crippen molar-refractivity contribution in [2.24, 2.45) is 0 Å². The molecule has 7 rings (SSSR count). The highest BCUT2D eigenvalue weighted by atomic mass is 16.5. The van der Waals surface area contributed by atoms with Gasteiger partial charge in [-0.15, -0.1) is 5.10 Å². The van der Waals surface area contributed by atoms with Gasteiger partial charge in [0, 0.05) is 0 Å². The van der Waals surface area contributed by atoms with Crippen LogP contribution in [0.1, 0.15) is 28.3 Å². The van der Waals surface area contributed by atoms with E-state index in [1.165, 1.54) is 0 Å². The Hall–Kier alpha value is -4.98. The van der Waals surface area contributed by atoms with Crippen molar-refractivity contribution in [2.45, 2.75) is 12.8 Å². The van der Waals surface area contributed by atoms with E-state index < -0.39 is 0 Å². The van der Waals surface area contributed by atoms with Gasteiger partial charge in [-0.1, -0.05) is 60.7 Å². The maximum atomic E-state index is 6.49. The molecule has 0 unspecified atom stereocenters. The second kappa shape index (κ2) is 8.30. The van der Waals surface area contributed by atoms with Crippen molar-refractivity contribution in [3.8, 4) is 34.6 Å². The van der Waals surface area contributed by atoms with Crippen molar-refractivity contribution in [1.82, 2.24) is 29.4 Å². The lowest BCUT2D eigenvalue weighted by molar-refractivity contribution is 0.402. The summed E-state index contributed by atoms with van der Waals surface area (Å²) in [5.74, 6) is 2.22. The van der Waals surface area contributed by atoms with Crippen LogP contribution in [0.2, 0.25) is 0 Å². The van der Waals surface area contributed by atoms with Crippen molar-refractivity contribution in [1.29, 1.82) is 0 Å². The number of benzene rings is 3. The van der Waals surface area contributed by atoms with E-state index in [0.717, 1.165) is 33.6 Å². The Bertz CT molecular complexity index is 1760. The van der Waals surface area contributed by atoms with Crippen LogP contribution in [0.3, 0.4) is 0 Å². The molecule has 0 spiro atoms. The molecule has 0 fully saturated rings. The molecule has 8 heteroatoms. The van der Waals surface area contributed by atoms with Gasteiger partial charge >= 0.3 is 0 Å². The molecule has 0 N–H and O–H groups in total. The Morgan fingerprint density at radius 2 is 1.57 bits per heavy atom. The summed E-state index contributed by atoms with van der Waals surface area (Å²) in [4.78, 5) is 9.65. The topological polar surface area (TPSA) is 79.4 Å². The van der Waals surface area contributed by atoms with Crippen molar-refractivity contribution in [3.63, 3.8) is 0 Å². The van der Waals surface area contributed by atoms with Crippen LogP contribution in [-0.4, -0.2) is 36.5 Å². The summed E-state index contributed by atoms with van der Waals surface area (Å²) in [6.45, 7) is 2.01. The second-order valence-corrected chi connectivity index (χ2v) is 8.86. The molecule has 1 aliphatic rings. The summed E-state index contributed by atoms with van der Waals surface area (Å²) >= 11 is 0. The number of rotatable bonds is 4. The molecule has 6 aromatic rings. The molecule has 180 valence electrons. The molecule has 37 heavy (non-hydrogen) atoms. The van der Waals surface area contributed by atoms with Gasteiger partial charge in [-0.05, 0) is 36.8 Å². The van der Waals surface area contributed by atoms with E-state index >= 15 is 0 Å². The number of fused-ring (bicyclic) bond motifs is 4. The maximum absolute atomic E-state index is 6.49. The molecule has 1 aliphatic heterocycles. The molecule has 0 radical (unpaired) electrons. The first-order valence-electron chi connectivity index (χ1n) is 12.0. The number of ether oxygens (including phenoxy) is 2. The minimum absolute atomic E-state index is 0.191. The fourth-order valence-electron chi connectivity index (χ4n) is 5.04. The van der Waals surface area contributed by atoms with Gasteiger partial charge in [0.15, 0.2) is 11.5 Å². The van der Waals surface area contributed by atoms with Crippen LogP contribution in [-0.2, 0) is 0 Å². The minimum Gasteiger partial charge on any atom is -0.496 e. The smallest absolute Gasteiger partial charge is 0.230 e. The second-order valence-electron chi connectivity index (χ2n) is 8.86. The predicted molar refractivity (Wildman–Crippen MR) is 139 cm³/mol. The molecule has 0 saturated heterocycles. The maximum Gasteiger partial charge on any atom is 0.230 e. The number of nitrogens with zero attached hydrogens (tertiary/aromatic N) is 6. The number of hydrogen-bond acceptors (Lipinski definition) is 6. The normalized spacial score (nSPS) is 14.2. The van der Waals surface area contributed by atoms with Gasteiger partial charge in [-0.3, -0.25) is 0 Å². The summed E-state index contributed by atoms with van der Waals surface area (Å²) in [5, 5.41) is 9.63. The van der Waals surface area contributed by atoms with Gasteiger partial charge in [-0.25, -0.2) is 19.2 Å². The Balaban J connectivity index is 1.49. The molecule has 1 atom stereocenters. The summed E-state index contributed by atoms with van der Waals surface area (Å²) in [6.07, 6.45) is 1.64. The molecule has 0 bridgehead atoms. The van der Waals surface area contributed by atoms with E-state index in [4.69, 9.17) is 24.7 Å². The van der Waals surface area contributed by atoms with Crippen LogP contribution in [0.15, 0.2) is 91.3 Å². The zero-order valence-corrected chi connectivity index (χ0v) is 20.2. The van der Waals surface area contributed by atoms with Crippen molar-refractivity contribution >= 4 is 5.65 Å². The van der Waals surface area contributed by atoms with Crippen LogP contribution >= 0.6 is 0 Å². The highest BCUT2D eigenvalue weighted by Gasteiger charge is 2.38. The average Bonchev–Trinajstić information content (AvgIpc) is 3.54. The molecular formula is C29H22N6O2. The Morgan fingerprint density at radius 1 is 0.838 bits per heavy atom. The van der Waals surface area contributed by atoms with E-state index in [-0.39, 0.29) is 5.92 Å². The lowest BCUT2D eigenvalue weighted by Gasteiger charge is -2.26. The fourth-order valence-corrected chi connectivity index (χ4v) is 5.04. The molecule has 0 amide bonds. The molecule has 3 aromatic carbocycles. The highest BCUT2D eigenvalue weighted by molar-refractivity contribution is 5.70. The third-order valence-corrected chi connectivity index (χ3v) is 6.70. The van der Waals surface area contributed by atoms with Crippen LogP contribution in [0, 0.1) is 6.92 Å². The van der Waals surface area contributed by atoms with Gasteiger partial charge in [-0.2, -0.15) is 5.10 Å². The first kappa shape index (κ1) is 21.3. The molecule has 0 aliphatic carbocycles. The summed E-state index contributed by atoms with van der Waals surface area (Å²) in [7, 11) is 1.64. The van der Waals surface area contributed by atoms with Crippen LogP contribution in [0.5, 0.6) is 17.5 Å². The summed E-state index contributed by atoms with van der Waals surface area (Å²) < 4.78 is 15.6. The van der Waals surface area contributed by atoms with Crippen molar-refractivity contribution in [2.75, 3.05) is 7.11 Å². The van der Waals surface area contributed by atoms with E-state index in [9.17, 15) is 0 Å². The van der Waals surface area contributed by atoms with Gasteiger partial charge < -0.3 is 9.47 Å². The van der Waals surface area contributed by atoms with Gasteiger partial charge in [0.1, 0.15) is 12.1 Å². The molecule has 0 saturated carbocycles. The minimum atomic E-state index is -0.191. The van der Waals surface area contributed by atoms with E-state index in [2.05, 4.69) is 17.1 Å². The number of hydrogen-bond donors (Lipinski definition) is 0. The predicted octanol–water partition coefficient (Wildman–Crippen LogP) is 5.58. The van der Waals surface area contributed by atoms with Gasteiger partial charge in [0.2, 0.25) is 11.8 Å². The average molecular weight is 487 g/mol. The zero-order valence-electron chi connectivity index (χ0n) is 20.2. The molecular weight excluding hydrogens is 464 g/mol. The van der Waals surface area contributed by atoms with Gasteiger partial charge in [0.05, 0.1) is 41.1 Å². The first-order valence-corrected chi connectivity index (χ1v) is 12.0. The Morgan fingerprint density at radius 3 is 2.35 bits per heavy atom. The monoisotopic (exact) mass is 486 g/mol. The van der Waals surface area contributed by atoms with Crippen LogP contribution in [0.4, 0.5) is 0 Å². The first-order chi connectivity index (χ1) is 18.2. The standard InChI is InChI=1S/C29H22N6O2/c1-18-23-24(19-11-5-3-6-12-19)25-27-31-26(21-15-9-10-16-22(21)36-2)33-34(27)17-30-28(25)37-29(23)35(32-18)20-13-7-4-8-14-20/h3-17,24H,1-2H3/t24-/m1/s1. The fraction of sp³-hybridized carbons (Fsp3) is 0.103. The van der Waals surface area contributed by atoms with E-state index in [1.54, 1.807) is 18.0 Å². The lowest BCUT2D eigenvalue weighted by atomic mass is 9.84. The SMILES string of the molecule is COc1ccccc1-c1nc2c3c(ncn2n1)Oc1c(c(C)nn1-c1ccccc1)[C@H]3c1ccccc1. The molecule has 4 heterocycles. The number of methoxy groups -OCH3 is 1. The summed E-state index contributed by atoms with van der Waals surface area (Å²) in [6, 6.07) is 28.0. The van der Waals surface area contributed by atoms with Crippen molar-refractivity contribution < 1.29 is 9.47 Å². The third kappa shape index (κ3) is 3.30. The zero-order chi connectivity index (χ0) is 24.9. The quantitative estimate of drug-likeness (QED) is 0.323. The summed E-state index contributed by atoms with van der Waals surface area (Å²) in [5.41, 5.74) is 6.22. The largest absolute Gasteiger partial charge is 0.496 e. The van der Waals surface area contributed by atoms with E-state index in [1.807, 2.05) is 84.4 Å². The molecule has 8 nitrogen and oxygen atoms in total. The van der Waals surface area contributed by atoms with Gasteiger partial charge in [0.25, 0.3) is 0 Å². The lowest BCUT2D eigenvalue weighted by Crippen LogP contribution is -2.16. The Kier molecular flexibility index (Phi) is 4.78. The number of aryl methyl sites for hydroxylation is 1. The van der Waals surface area contributed by atoms with Crippen LogP contribution < -0.4 is 9.47 Å². The highest BCUT2D eigenvalue weighted by Crippen LogP contribution is 2.49. The van der Waals surface area contributed by atoms with Crippen LogP contribution in [0.25, 0.3) is 22.7 Å². The number of aromatic nitrogens is 6. The molecule has 3 aromatic heterocycles. The van der Waals surface area contributed by atoms with E-state index in [0.29, 0.717) is 29.0 Å².